The average molecular weight is 621 g/mol. The molecule has 2 aromatic carbocycles. The molecule has 5 rings (SSSR count). The van der Waals surface area contributed by atoms with Gasteiger partial charge in [0.1, 0.15) is 11.6 Å². The fourth-order valence-electron chi connectivity index (χ4n) is 6.09. The zero-order valence-electron chi connectivity index (χ0n) is 25.1. The lowest BCUT2D eigenvalue weighted by atomic mass is 9.74. The molecule has 0 spiro atoms. The normalized spacial score (nSPS) is 21.3. The van der Waals surface area contributed by atoms with Crippen molar-refractivity contribution in [1.82, 2.24) is 26.3 Å². The Bertz CT molecular complexity index is 1500. The lowest BCUT2D eigenvalue weighted by Gasteiger charge is -2.40. The van der Waals surface area contributed by atoms with E-state index in [1.54, 1.807) is 42.5 Å². The standard InChI is InChI=1S/C33H40N6O4.ClH/c1-33(2)13-4-15-37-30(33)22-10-11-27(40)24(17-22)29(41)20-6-8-21(9-7-20)31(42)38-25-5-3-14-35-19-26(25)39-32(43)23-12-16-36-28(34)18-23;/h6-12,16-18,25-26,30,35,37,40H,3-5,13-15,19H2,1-2H3,(H2,34,36)(H,38,42)(H,39,43);1H/t25-,26-,30?;/m1./s1. The number of amides is 2. The predicted octanol–water partition coefficient (Wildman–Crippen LogP) is 3.75. The maximum Gasteiger partial charge on any atom is 0.251 e. The lowest BCUT2D eigenvalue weighted by Crippen LogP contribution is -2.54. The van der Waals surface area contributed by atoms with E-state index in [2.05, 4.69) is 40.1 Å². The Balaban J connectivity index is 0.00000442. The molecule has 2 fully saturated rings. The summed E-state index contributed by atoms with van der Waals surface area (Å²) in [6.07, 6.45) is 5.17. The molecular formula is C33H41ClN6O4. The number of halogens is 1. The van der Waals surface area contributed by atoms with Gasteiger partial charge in [0.05, 0.1) is 17.6 Å². The van der Waals surface area contributed by atoms with Gasteiger partial charge in [-0.05, 0) is 86.1 Å². The third kappa shape index (κ3) is 7.56. The second-order valence-corrected chi connectivity index (χ2v) is 12.1. The summed E-state index contributed by atoms with van der Waals surface area (Å²) >= 11 is 0. The zero-order valence-corrected chi connectivity index (χ0v) is 25.9. The SMILES string of the molecule is CC1(C)CCCNC1c1ccc(O)c(C(=O)c2ccc(C(=O)N[C@@H]3CCCNC[C@H]3NC(=O)c3ccnc(N)c3)cc2)c1.Cl. The number of anilines is 1. The summed E-state index contributed by atoms with van der Waals surface area (Å²) in [7, 11) is 0. The van der Waals surface area contributed by atoms with Gasteiger partial charge in [-0.25, -0.2) is 4.98 Å². The van der Waals surface area contributed by atoms with Crippen LogP contribution in [0.2, 0.25) is 0 Å². The number of aromatic nitrogens is 1. The van der Waals surface area contributed by atoms with Gasteiger partial charge in [-0.2, -0.15) is 0 Å². The topological polar surface area (TPSA) is 158 Å². The van der Waals surface area contributed by atoms with Crippen molar-refractivity contribution in [3.63, 3.8) is 0 Å². The van der Waals surface area contributed by atoms with Crippen molar-refractivity contribution in [2.24, 2.45) is 5.41 Å². The van der Waals surface area contributed by atoms with E-state index >= 15 is 0 Å². The Morgan fingerprint density at radius 3 is 2.34 bits per heavy atom. The average Bonchev–Trinajstić information content (AvgIpc) is 3.21. The van der Waals surface area contributed by atoms with E-state index in [-0.39, 0.29) is 70.7 Å². The number of phenols is 1. The van der Waals surface area contributed by atoms with Gasteiger partial charge < -0.3 is 32.1 Å². The second-order valence-electron chi connectivity index (χ2n) is 12.1. The molecule has 10 nitrogen and oxygen atoms in total. The molecule has 0 bridgehead atoms. The van der Waals surface area contributed by atoms with Crippen molar-refractivity contribution in [3.8, 4) is 5.75 Å². The van der Waals surface area contributed by atoms with Crippen LogP contribution < -0.4 is 27.0 Å². The summed E-state index contributed by atoms with van der Waals surface area (Å²) in [5.41, 5.74) is 8.13. The zero-order chi connectivity index (χ0) is 30.6. The number of hydrogen-bond acceptors (Lipinski definition) is 8. The number of phenolic OH excluding ortho intramolecular Hbond substituents is 1. The van der Waals surface area contributed by atoms with Gasteiger partial charge in [0.2, 0.25) is 0 Å². The van der Waals surface area contributed by atoms with E-state index in [4.69, 9.17) is 5.73 Å². The smallest absolute Gasteiger partial charge is 0.251 e. The Labute approximate surface area is 264 Å². The maximum atomic E-state index is 13.4. The van der Waals surface area contributed by atoms with Crippen molar-refractivity contribution in [1.29, 1.82) is 0 Å². The monoisotopic (exact) mass is 620 g/mol. The van der Waals surface area contributed by atoms with Gasteiger partial charge in [0, 0.05) is 35.5 Å². The lowest BCUT2D eigenvalue weighted by molar-refractivity contribution is 0.0882. The van der Waals surface area contributed by atoms with Crippen LogP contribution in [0.5, 0.6) is 5.75 Å². The molecular weight excluding hydrogens is 580 g/mol. The molecule has 0 saturated carbocycles. The number of nitrogens with two attached hydrogens (primary N) is 1. The minimum atomic E-state index is -0.340. The van der Waals surface area contributed by atoms with Crippen LogP contribution in [0.25, 0.3) is 0 Å². The third-order valence-electron chi connectivity index (χ3n) is 8.53. The quantitative estimate of drug-likeness (QED) is 0.218. The molecule has 0 aliphatic carbocycles. The molecule has 3 aromatic rings. The summed E-state index contributed by atoms with van der Waals surface area (Å²) in [4.78, 5) is 43.5. The minimum Gasteiger partial charge on any atom is -0.507 e. The van der Waals surface area contributed by atoms with E-state index in [9.17, 15) is 19.5 Å². The molecule has 11 heteroatoms. The molecule has 2 aliphatic heterocycles. The summed E-state index contributed by atoms with van der Waals surface area (Å²) < 4.78 is 0. The molecule has 7 N–H and O–H groups in total. The predicted molar refractivity (Wildman–Crippen MR) is 172 cm³/mol. The van der Waals surface area contributed by atoms with Gasteiger partial charge >= 0.3 is 0 Å². The van der Waals surface area contributed by atoms with Crippen molar-refractivity contribution in [2.45, 2.75) is 57.7 Å². The molecule has 2 saturated heterocycles. The first kappa shape index (κ1) is 32.9. The molecule has 2 amide bonds. The molecule has 234 valence electrons. The number of nitrogens with one attached hydrogen (secondary N) is 4. The molecule has 3 heterocycles. The third-order valence-corrected chi connectivity index (χ3v) is 8.53. The minimum absolute atomic E-state index is 0. The van der Waals surface area contributed by atoms with Crippen molar-refractivity contribution in [2.75, 3.05) is 25.4 Å². The van der Waals surface area contributed by atoms with E-state index in [0.29, 0.717) is 29.7 Å². The van der Waals surface area contributed by atoms with Crippen LogP contribution in [-0.2, 0) is 0 Å². The number of benzene rings is 2. The number of hydrogen-bond donors (Lipinski definition) is 6. The number of aromatic hydroxyl groups is 1. The summed E-state index contributed by atoms with van der Waals surface area (Å²) in [5, 5.41) is 23.5. The van der Waals surface area contributed by atoms with Gasteiger partial charge in [-0.3, -0.25) is 14.4 Å². The highest BCUT2D eigenvalue weighted by Crippen LogP contribution is 2.41. The number of pyridine rings is 1. The fraction of sp³-hybridized carbons (Fsp3) is 0.394. The van der Waals surface area contributed by atoms with E-state index in [1.807, 2.05) is 6.07 Å². The van der Waals surface area contributed by atoms with Crippen LogP contribution >= 0.6 is 12.4 Å². The molecule has 1 aromatic heterocycles. The van der Waals surface area contributed by atoms with Gasteiger partial charge in [0.15, 0.2) is 5.78 Å². The second kappa shape index (κ2) is 14.2. The highest BCUT2D eigenvalue weighted by molar-refractivity contribution is 6.11. The van der Waals surface area contributed by atoms with Gasteiger partial charge in [-0.1, -0.05) is 32.0 Å². The highest BCUT2D eigenvalue weighted by Gasteiger charge is 2.34. The first-order valence-corrected chi connectivity index (χ1v) is 14.9. The maximum absolute atomic E-state index is 13.4. The molecule has 0 radical (unpaired) electrons. The van der Waals surface area contributed by atoms with Gasteiger partial charge in [0.25, 0.3) is 11.8 Å². The van der Waals surface area contributed by atoms with Crippen molar-refractivity contribution < 1.29 is 19.5 Å². The Hall–Kier alpha value is -3.99. The summed E-state index contributed by atoms with van der Waals surface area (Å²) in [6, 6.07) is 14.2. The van der Waals surface area contributed by atoms with Crippen LogP contribution in [0.1, 0.15) is 87.8 Å². The first-order valence-electron chi connectivity index (χ1n) is 14.9. The Morgan fingerprint density at radius 1 is 0.909 bits per heavy atom. The first-order chi connectivity index (χ1) is 20.6. The number of ketones is 1. The van der Waals surface area contributed by atoms with Crippen LogP contribution in [-0.4, -0.2) is 59.4 Å². The van der Waals surface area contributed by atoms with Crippen molar-refractivity contribution >= 4 is 35.8 Å². The molecule has 1 unspecified atom stereocenters. The summed E-state index contributed by atoms with van der Waals surface area (Å²) in [6.45, 7) is 6.61. The number of nitrogen functional groups attached to an aromatic ring is 1. The van der Waals surface area contributed by atoms with E-state index in [1.165, 1.54) is 12.3 Å². The number of rotatable bonds is 7. The fourth-order valence-corrected chi connectivity index (χ4v) is 6.09. The molecule has 3 atom stereocenters. The molecule has 2 aliphatic rings. The number of nitrogens with zero attached hydrogens (tertiary/aromatic N) is 1. The molecule has 44 heavy (non-hydrogen) atoms. The number of carbonyl (C=O) groups is 3. The van der Waals surface area contributed by atoms with Gasteiger partial charge in [-0.15, -0.1) is 12.4 Å². The Morgan fingerprint density at radius 2 is 1.61 bits per heavy atom. The Kier molecular flexibility index (Phi) is 10.6. The highest BCUT2D eigenvalue weighted by atomic mass is 35.5. The van der Waals surface area contributed by atoms with Crippen molar-refractivity contribution in [3.05, 3.63) is 88.6 Å². The van der Waals surface area contributed by atoms with Crippen LogP contribution in [0.3, 0.4) is 0 Å². The largest absolute Gasteiger partial charge is 0.507 e. The number of carbonyl (C=O) groups excluding carboxylic acids is 3. The van der Waals surface area contributed by atoms with E-state index in [0.717, 1.165) is 37.9 Å². The number of piperidine rings is 1. The van der Waals surface area contributed by atoms with Crippen LogP contribution in [0.15, 0.2) is 60.8 Å². The summed E-state index contributed by atoms with van der Waals surface area (Å²) in [5.74, 6) is -0.719. The van der Waals surface area contributed by atoms with Crippen LogP contribution in [0, 0.1) is 5.41 Å². The van der Waals surface area contributed by atoms with E-state index < -0.39 is 0 Å². The van der Waals surface area contributed by atoms with Crippen LogP contribution in [0.4, 0.5) is 5.82 Å².